The van der Waals surface area contributed by atoms with Gasteiger partial charge in [0.2, 0.25) is 5.88 Å². The maximum Gasteiger partial charge on any atom is 0.574 e. The highest BCUT2D eigenvalue weighted by Gasteiger charge is 2.41. The van der Waals surface area contributed by atoms with E-state index in [0.717, 1.165) is 0 Å². The van der Waals surface area contributed by atoms with Crippen molar-refractivity contribution in [3.63, 3.8) is 0 Å². The second-order valence-corrected chi connectivity index (χ2v) is 6.02. The maximum absolute atomic E-state index is 12.7. The molecule has 0 amide bonds. The molecular weight excluding hydrogens is 354 g/mol. The molecule has 1 aromatic heterocycles. The highest BCUT2D eigenvalue weighted by atomic mass is 35.7. The minimum Gasteiger partial charge on any atom is -0.388 e. The van der Waals surface area contributed by atoms with Crippen LogP contribution in [0.3, 0.4) is 0 Å². The number of aromatic nitrogens is 1. The first kappa shape index (κ1) is 17.8. The molecule has 0 aromatic carbocycles. The van der Waals surface area contributed by atoms with E-state index in [1.807, 2.05) is 0 Å². The number of nitrogens with two attached hydrogens (primary N) is 1. The number of alkyl halides is 6. The Morgan fingerprint density at radius 1 is 1.24 bits per heavy atom. The van der Waals surface area contributed by atoms with Crippen LogP contribution in [0.25, 0.3) is 0 Å². The Labute approximate surface area is 118 Å². The van der Waals surface area contributed by atoms with Crippen LogP contribution in [-0.2, 0) is 21.8 Å². The smallest absolute Gasteiger partial charge is 0.388 e. The number of rotatable bonds is 3. The lowest BCUT2D eigenvalue weighted by atomic mass is 10.2. The van der Waals surface area contributed by atoms with Crippen molar-refractivity contribution in [3.8, 4) is 5.88 Å². The Hall–Kier alpha value is -1.27. The molecule has 0 bridgehead atoms. The number of hydrogen-bond donors (Lipinski definition) is 1. The van der Waals surface area contributed by atoms with Crippen LogP contribution in [0.1, 0.15) is 11.3 Å². The van der Waals surface area contributed by atoms with E-state index in [2.05, 4.69) is 9.72 Å². The van der Waals surface area contributed by atoms with Crippen molar-refractivity contribution in [1.29, 1.82) is 0 Å². The minimum atomic E-state index is -5.37. The Balaban J connectivity index is 3.65. The third-order valence-corrected chi connectivity index (χ3v) is 3.33. The van der Waals surface area contributed by atoms with Gasteiger partial charge in [-0.15, -0.1) is 13.2 Å². The summed E-state index contributed by atoms with van der Waals surface area (Å²) in [4.78, 5) is 1.05. The van der Waals surface area contributed by atoms with Gasteiger partial charge < -0.3 is 10.5 Å². The fraction of sp³-hybridized carbons (Fsp3) is 0.375. The number of pyridine rings is 1. The number of nitrogens with zero attached hydrogens (tertiary/aromatic N) is 1. The van der Waals surface area contributed by atoms with Crippen LogP contribution < -0.4 is 10.5 Å². The van der Waals surface area contributed by atoms with E-state index >= 15 is 0 Å². The first-order chi connectivity index (χ1) is 9.25. The predicted molar refractivity (Wildman–Crippen MR) is 56.9 cm³/mol. The van der Waals surface area contributed by atoms with Gasteiger partial charge >= 0.3 is 12.5 Å². The SMILES string of the molecule is NCc1cc(S(=O)(=O)Cl)c(C(F)(F)F)nc1OC(F)(F)F. The van der Waals surface area contributed by atoms with Crippen LogP contribution in [-0.4, -0.2) is 19.8 Å². The summed E-state index contributed by atoms with van der Waals surface area (Å²) in [6, 6.07) is 0.235. The van der Waals surface area contributed by atoms with Crippen LogP contribution in [0, 0.1) is 0 Å². The average Bonchev–Trinajstić information content (AvgIpc) is 2.23. The molecule has 1 aromatic rings. The maximum atomic E-state index is 12.7. The molecule has 0 aliphatic carbocycles. The quantitative estimate of drug-likeness (QED) is 0.662. The van der Waals surface area contributed by atoms with Gasteiger partial charge in [0.1, 0.15) is 4.90 Å². The summed E-state index contributed by atoms with van der Waals surface area (Å²) in [7, 11) is -0.0998. The van der Waals surface area contributed by atoms with Crippen molar-refractivity contribution in [3.05, 3.63) is 17.3 Å². The fourth-order valence-corrected chi connectivity index (χ4v) is 2.28. The van der Waals surface area contributed by atoms with E-state index in [9.17, 15) is 34.8 Å². The molecule has 0 fully saturated rings. The highest BCUT2D eigenvalue weighted by molar-refractivity contribution is 8.13. The van der Waals surface area contributed by atoms with Crippen molar-refractivity contribution < 1.29 is 39.5 Å². The van der Waals surface area contributed by atoms with E-state index < -0.39 is 50.2 Å². The molecule has 21 heavy (non-hydrogen) atoms. The normalized spacial score (nSPS) is 13.3. The molecule has 0 aliphatic heterocycles. The highest BCUT2D eigenvalue weighted by Crippen LogP contribution is 2.37. The Morgan fingerprint density at radius 2 is 1.76 bits per heavy atom. The Bertz CT molecular complexity index is 643. The largest absolute Gasteiger partial charge is 0.574 e. The van der Waals surface area contributed by atoms with Crippen molar-refractivity contribution in [1.82, 2.24) is 4.98 Å². The summed E-state index contributed by atoms with van der Waals surface area (Å²) in [5.41, 5.74) is 2.19. The van der Waals surface area contributed by atoms with Gasteiger partial charge in [-0.05, 0) is 6.07 Å². The van der Waals surface area contributed by atoms with Gasteiger partial charge in [-0.1, -0.05) is 0 Å². The molecule has 1 rings (SSSR count). The van der Waals surface area contributed by atoms with Gasteiger partial charge in [-0.25, -0.2) is 13.4 Å². The molecule has 2 N–H and O–H groups in total. The van der Waals surface area contributed by atoms with Crippen LogP contribution in [0.2, 0.25) is 0 Å². The van der Waals surface area contributed by atoms with Gasteiger partial charge in [0.05, 0.1) is 0 Å². The van der Waals surface area contributed by atoms with Crippen molar-refractivity contribution in [2.75, 3.05) is 0 Å². The van der Waals surface area contributed by atoms with E-state index in [1.54, 1.807) is 0 Å². The second-order valence-electron chi connectivity index (χ2n) is 3.49. The minimum absolute atomic E-state index is 0.235. The van der Waals surface area contributed by atoms with Crippen molar-refractivity contribution >= 4 is 19.7 Å². The first-order valence-corrected chi connectivity index (χ1v) is 7.08. The standard InChI is InChI=1S/C8H5ClF6N2O3S/c9-21(18,19)4-1-3(2-16)6(20-8(13,14)15)17-5(4)7(10,11)12/h1H,2,16H2. The molecule has 5 nitrogen and oxygen atoms in total. The van der Waals surface area contributed by atoms with Gasteiger partial charge in [0, 0.05) is 22.8 Å². The van der Waals surface area contributed by atoms with E-state index in [4.69, 9.17) is 16.4 Å². The molecule has 0 saturated carbocycles. The van der Waals surface area contributed by atoms with Gasteiger partial charge in [-0.2, -0.15) is 13.2 Å². The monoisotopic (exact) mass is 358 g/mol. The zero-order valence-corrected chi connectivity index (χ0v) is 11.2. The summed E-state index contributed by atoms with van der Waals surface area (Å²) in [5.74, 6) is -1.50. The molecule has 120 valence electrons. The molecule has 13 heteroatoms. The summed E-state index contributed by atoms with van der Waals surface area (Å²) < 4.78 is 99.8. The number of hydrogen-bond acceptors (Lipinski definition) is 5. The molecule has 0 atom stereocenters. The van der Waals surface area contributed by atoms with Crippen LogP contribution in [0.4, 0.5) is 26.3 Å². The zero-order chi connectivity index (χ0) is 16.6. The van der Waals surface area contributed by atoms with E-state index in [-0.39, 0.29) is 6.07 Å². The third kappa shape index (κ3) is 4.61. The molecular formula is C8H5ClF6N2O3S. The lowest BCUT2D eigenvalue weighted by molar-refractivity contribution is -0.276. The molecule has 0 saturated heterocycles. The molecule has 0 spiro atoms. The van der Waals surface area contributed by atoms with Crippen LogP contribution in [0.15, 0.2) is 11.0 Å². The number of halogens is 7. The summed E-state index contributed by atoms with van der Waals surface area (Å²) in [6.07, 6.45) is -10.7. The lowest BCUT2D eigenvalue weighted by Gasteiger charge is -2.16. The van der Waals surface area contributed by atoms with Crippen molar-refractivity contribution in [2.45, 2.75) is 24.0 Å². The van der Waals surface area contributed by atoms with E-state index in [0.29, 0.717) is 0 Å². The molecule has 0 unspecified atom stereocenters. The molecule has 0 radical (unpaired) electrons. The van der Waals surface area contributed by atoms with Gasteiger partial charge in [0.25, 0.3) is 9.05 Å². The zero-order valence-electron chi connectivity index (χ0n) is 9.59. The van der Waals surface area contributed by atoms with E-state index in [1.165, 1.54) is 0 Å². The van der Waals surface area contributed by atoms with Crippen molar-refractivity contribution in [2.24, 2.45) is 5.73 Å². The summed E-state index contributed by atoms with van der Waals surface area (Å²) in [5, 5.41) is 0. The fourth-order valence-electron chi connectivity index (χ4n) is 1.25. The summed E-state index contributed by atoms with van der Waals surface area (Å²) in [6.45, 7) is -0.754. The predicted octanol–water partition coefficient (Wildman–Crippen LogP) is 2.39. The molecule has 1 heterocycles. The van der Waals surface area contributed by atoms with Gasteiger partial charge in [0.15, 0.2) is 5.69 Å². The lowest BCUT2D eigenvalue weighted by Crippen LogP contribution is -2.22. The number of ether oxygens (including phenoxy) is 1. The van der Waals surface area contributed by atoms with Crippen LogP contribution >= 0.6 is 10.7 Å². The second kappa shape index (κ2) is 5.50. The Morgan fingerprint density at radius 3 is 2.10 bits per heavy atom. The topological polar surface area (TPSA) is 82.3 Å². The van der Waals surface area contributed by atoms with Gasteiger partial charge in [-0.3, -0.25) is 0 Å². The first-order valence-electron chi connectivity index (χ1n) is 4.77. The Kier molecular flexibility index (Phi) is 4.65. The summed E-state index contributed by atoms with van der Waals surface area (Å²) >= 11 is 0. The third-order valence-electron chi connectivity index (χ3n) is 1.99. The van der Waals surface area contributed by atoms with Crippen LogP contribution in [0.5, 0.6) is 5.88 Å². The molecule has 0 aliphatic rings. The average molecular weight is 359 g/mol.